The molecule has 0 aliphatic carbocycles. The molecule has 4 heteroatoms. The van der Waals surface area contributed by atoms with Crippen LogP contribution in [0.4, 0.5) is 5.95 Å². The first-order chi connectivity index (χ1) is 6.45. The van der Waals surface area contributed by atoms with Gasteiger partial charge >= 0.3 is 0 Å². The molecule has 0 radical (unpaired) electrons. The second-order valence-corrected chi connectivity index (χ2v) is 3.88. The number of hydrogen-bond donors (Lipinski definition) is 2. The molecule has 0 aromatic carbocycles. The zero-order chi connectivity index (χ0) is 8.67. The average Bonchev–Trinajstić information content (AvgIpc) is 2.79. The van der Waals surface area contributed by atoms with Crippen molar-refractivity contribution >= 4 is 5.95 Å². The molecule has 2 aliphatic rings. The highest BCUT2D eigenvalue weighted by Crippen LogP contribution is 2.29. The van der Waals surface area contributed by atoms with Crippen LogP contribution in [0.2, 0.25) is 0 Å². The molecule has 3 rings (SSSR count). The molecule has 1 aromatic heterocycles. The van der Waals surface area contributed by atoms with Gasteiger partial charge in [0.1, 0.15) is 0 Å². The Labute approximate surface area is 77.3 Å². The Hall–Kier alpha value is -1.03. The van der Waals surface area contributed by atoms with Gasteiger partial charge in [0.25, 0.3) is 0 Å². The molecule has 4 nitrogen and oxygen atoms in total. The van der Waals surface area contributed by atoms with Gasteiger partial charge in [-0.1, -0.05) is 0 Å². The highest BCUT2D eigenvalue weighted by Gasteiger charge is 2.38. The van der Waals surface area contributed by atoms with E-state index in [-0.39, 0.29) is 0 Å². The minimum Gasteiger partial charge on any atom is -0.338 e. The first-order valence-corrected chi connectivity index (χ1v) is 4.92. The van der Waals surface area contributed by atoms with Gasteiger partial charge in [-0.2, -0.15) is 0 Å². The number of H-pyrrole nitrogens is 1. The number of fused-ring (bicyclic) bond motifs is 1. The fraction of sp³-hybridized carbons (Fsp3) is 0.667. The Morgan fingerprint density at radius 2 is 2.46 bits per heavy atom. The standard InChI is InChI=1S/C9H14N4/c1-4-13(9-11-2-3-12-9)8-6-10-5-7(1)8/h2-3,7-8,10H,1,4-6H2,(H,11,12)/t7-,8+/m0/s1. The zero-order valence-electron chi connectivity index (χ0n) is 7.53. The molecule has 3 heterocycles. The summed E-state index contributed by atoms with van der Waals surface area (Å²) < 4.78 is 0. The normalized spacial score (nSPS) is 32.5. The number of nitrogens with one attached hydrogen (secondary N) is 2. The van der Waals surface area contributed by atoms with E-state index in [1.807, 2.05) is 12.4 Å². The Morgan fingerprint density at radius 1 is 1.46 bits per heavy atom. The average molecular weight is 178 g/mol. The molecule has 2 fully saturated rings. The fourth-order valence-corrected chi connectivity index (χ4v) is 2.53. The number of anilines is 1. The van der Waals surface area contributed by atoms with Crippen molar-refractivity contribution in [1.82, 2.24) is 15.3 Å². The lowest BCUT2D eigenvalue weighted by atomic mass is 10.1. The van der Waals surface area contributed by atoms with Crippen molar-refractivity contribution < 1.29 is 0 Å². The van der Waals surface area contributed by atoms with Crippen LogP contribution in [0.25, 0.3) is 0 Å². The summed E-state index contributed by atoms with van der Waals surface area (Å²) in [5.41, 5.74) is 0. The topological polar surface area (TPSA) is 44.0 Å². The number of hydrogen-bond acceptors (Lipinski definition) is 3. The van der Waals surface area contributed by atoms with E-state index in [1.165, 1.54) is 13.0 Å². The molecule has 0 unspecified atom stereocenters. The van der Waals surface area contributed by atoms with Gasteiger partial charge in [0.05, 0.1) is 0 Å². The lowest BCUT2D eigenvalue weighted by Crippen LogP contribution is -2.34. The van der Waals surface area contributed by atoms with Gasteiger partial charge in [-0.15, -0.1) is 0 Å². The van der Waals surface area contributed by atoms with Crippen LogP contribution in [0.3, 0.4) is 0 Å². The Morgan fingerprint density at radius 3 is 3.31 bits per heavy atom. The largest absolute Gasteiger partial charge is 0.338 e. The number of aromatic amines is 1. The van der Waals surface area contributed by atoms with Crippen molar-refractivity contribution in [3.05, 3.63) is 12.4 Å². The minimum absolute atomic E-state index is 0.672. The molecule has 0 amide bonds. The van der Waals surface area contributed by atoms with Gasteiger partial charge in [-0.05, 0) is 12.3 Å². The van der Waals surface area contributed by atoms with E-state index in [1.54, 1.807) is 0 Å². The molecule has 2 N–H and O–H groups in total. The molecular weight excluding hydrogens is 164 g/mol. The maximum absolute atomic E-state index is 4.30. The Kier molecular flexibility index (Phi) is 1.55. The van der Waals surface area contributed by atoms with E-state index >= 15 is 0 Å². The third-order valence-corrected chi connectivity index (χ3v) is 3.20. The molecule has 1 aromatic rings. The van der Waals surface area contributed by atoms with Crippen LogP contribution in [-0.2, 0) is 0 Å². The van der Waals surface area contributed by atoms with Crippen molar-refractivity contribution in [2.75, 3.05) is 24.5 Å². The predicted molar refractivity (Wildman–Crippen MR) is 50.7 cm³/mol. The van der Waals surface area contributed by atoms with Gasteiger partial charge in [-0.3, -0.25) is 0 Å². The van der Waals surface area contributed by atoms with Crippen LogP contribution in [0.1, 0.15) is 6.42 Å². The summed E-state index contributed by atoms with van der Waals surface area (Å²) in [4.78, 5) is 9.87. The van der Waals surface area contributed by atoms with E-state index < -0.39 is 0 Å². The summed E-state index contributed by atoms with van der Waals surface area (Å²) in [6.07, 6.45) is 5.02. The summed E-state index contributed by atoms with van der Waals surface area (Å²) in [6.45, 7) is 3.46. The maximum atomic E-state index is 4.30. The molecule has 0 bridgehead atoms. The Balaban J connectivity index is 1.86. The molecule has 0 spiro atoms. The summed E-state index contributed by atoms with van der Waals surface area (Å²) >= 11 is 0. The van der Waals surface area contributed by atoms with Crippen molar-refractivity contribution in [2.24, 2.45) is 5.92 Å². The molecular formula is C9H14N4. The third-order valence-electron chi connectivity index (χ3n) is 3.20. The van der Waals surface area contributed by atoms with Crippen molar-refractivity contribution in [3.63, 3.8) is 0 Å². The number of aromatic nitrogens is 2. The number of rotatable bonds is 1. The minimum atomic E-state index is 0.672. The van der Waals surface area contributed by atoms with Crippen LogP contribution < -0.4 is 10.2 Å². The van der Waals surface area contributed by atoms with Crippen LogP contribution in [-0.4, -0.2) is 35.6 Å². The number of imidazole rings is 1. The summed E-state index contributed by atoms with van der Waals surface area (Å²) in [5, 5.41) is 3.43. The molecule has 2 atom stereocenters. The predicted octanol–water partition coefficient (Wildman–Crippen LogP) is 0.208. The first-order valence-electron chi connectivity index (χ1n) is 4.92. The number of nitrogens with zero attached hydrogens (tertiary/aromatic N) is 2. The van der Waals surface area contributed by atoms with Gasteiger partial charge < -0.3 is 15.2 Å². The van der Waals surface area contributed by atoms with Crippen LogP contribution in [0.15, 0.2) is 12.4 Å². The zero-order valence-corrected chi connectivity index (χ0v) is 7.53. The van der Waals surface area contributed by atoms with E-state index in [4.69, 9.17) is 0 Å². The van der Waals surface area contributed by atoms with Crippen LogP contribution in [0.5, 0.6) is 0 Å². The van der Waals surface area contributed by atoms with Crippen molar-refractivity contribution in [1.29, 1.82) is 0 Å². The second-order valence-electron chi connectivity index (χ2n) is 3.88. The quantitative estimate of drug-likeness (QED) is 0.646. The van der Waals surface area contributed by atoms with E-state index in [0.717, 1.165) is 25.0 Å². The van der Waals surface area contributed by atoms with Crippen molar-refractivity contribution in [2.45, 2.75) is 12.5 Å². The maximum Gasteiger partial charge on any atom is 0.203 e. The molecule has 2 saturated heterocycles. The first kappa shape index (κ1) is 7.38. The smallest absolute Gasteiger partial charge is 0.203 e. The Bertz CT molecular complexity index is 282. The highest BCUT2D eigenvalue weighted by molar-refractivity contribution is 5.34. The molecule has 70 valence electrons. The third kappa shape index (κ3) is 1.05. The summed E-state index contributed by atoms with van der Waals surface area (Å²) in [7, 11) is 0. The summed E-state index contributed by atoms with van der Waals surface area (Å²) in [6, 6.07) is 0.672. The van der Waals surface area contributed by atoms with E-state index in [9.17, 15) is 0 Å². The SMILES string of the molecule is c1c[nH]c(N2CC[C@H]3CNC[C@H]32)n1. The fourth-order valence-electron chi connectivity index (χ4n) is 2.53. The van der Waals surface area contributed by atoms with Gasteiger partial charge in [0.15, 0.2) is 0 Å². The lowest BCUT2D eigenvalue weighted by Gasteiger charge is -2.22. The monoisotopic (exact) mass is 178 g/mol. The lowest BCUT2D eigenvalue weighted by molar-refractivity contribution is 0.576. The van der Waals surface area contributed by atoms with Gasteiger partial charge in [0.2, 0.25) is 5.95 Å². The van der Waals surface area contributed by atoms with E-state index in [2.05, 4.69) is 20.2 Å². The highest BCUT2D eigenvalue weighted by atomic mass is 15.3. The van der Waals surface area contributed by atoms with Gasteiger partial charge in [-0.25, -0.2) is 4.98 Å². The molecule has 0 saturated carbocycles. The second kappa shape index (κ2) is 2.73. The van der Waals surface area contributed by atoms with Crippen molar-refractivity contribution in [3.8, 4) is 0 Å². The van der Waals surface area contributed by atoms with E-state index in [0.29, 0.717) is 6.04 Å². The molecule has 13 heavy (non-hydrogen) atoms. The summed E-state index contributed by atoms with van der Waals surface area (Å²) in [5.74, 6) is 1.88. The van der Waals surface area contributed by atoms with Crippen LogP contribution in [0, 0.1) is 5.92 Å². The van der Waals surface area contributed by atoms with Gasteiger partial charge in [0, 0.05) is 38.1 Å². The molecule has 2 aliphatic heterocycles. The van der Waals surface area contributed by atoms with Crippen LogP contribution >= 0.6 is 0 Å².